The Balaban J connectivity index is 1.50. The Morgan fingerprint density at radius 1 is 1.00 bits per heavy atom. The third kappa shape index (κ3) is 1.86. The van der Waals surface area contributed by atoms with Crippen molar-refractivity contribution in [1.29, 1.82) is 0 Å². The van der Waals surface area contributed by atoms with Gasteiger partial charge in [-0.05, 0) is 109 Å². The van der Waals surface area contributed by atoms with Crippen molar-refractivity contribution in [2.45, 2.75) is 82.5 Å². The maximum atomic E-state index is 2.67. The number of hydrogen-bond donors (Lipinski definition) is 0. The Morgan fingerprint density at radius 2 is 1.79 bits per heavy atom. The Labute approximate surface area is 146 Å². The van der Waals surface area contributed by atoms with E-state index < -0.39 is 0 Å². The van der Waals surface area contributed by atoms with Crippen LogP contribution in [0.2, 0.25) is 0 Å². The van der Waals surface area contributed by atoms with Crippen LogP contribution in [0.5, 0.6) is 0 Å². The van der Waals surface area contributed by atoms with Crippen LogP contribution >= 0.6 is 0 Å². The molecule has 5 aliphatic rings. The van der Waals surface area contributed by atoms with Gasteiger partial charge in [-0.1, -0.05) is 37.1 Å². The summed E-state index contributed by atoms with van der Waals surface area (Å²) in [6.07, 6.45) is 14.5. The molecule has 2 unspecified atom stereocenters. The molecular formula is C24H30. The summed E-state index contributed by atoms with van der Waals surface area (Å²) in [5.41, 5.74) is 9.42. The normalized spacial score (nSPS) is 40.1. The minimum atomic E-state index is 0.559. The highest BCUT2D eigenvalue weighted by Gasteiger charge is 2.60. The first-order chi connectivity index (χ1) is 11.8. The summed E-state index contributed by atoms with van der Waals surface area (Å²) < 4.78 is 0. The molecule has 0 radical (unpaired) electrons. The molecule has 1 aromatic rings. The van der Waals surface area contributed by atoms with Crippen LogP contribution in [-0.4, -0.2) is 0 Å². The van der Waals surface area contributed by atoms with E-state index in [2.05, 4.69) is 25.1 Å². The van der Waals surface area contributed by atoms with Gasteiger partial charge in [0.25, 0.3) is 0 Å². The van der Waals surface area contributed by atoms with Crippen molar-refractivity contribution in [3.05, 3.63) is 40.5 Å². The molecule has 4 saturated carbocycles. The Kier molecular flexibility index (Phi) is 2.82. The first-order valence-corrected chi connectivity index (χ1v) is 10.6. The molecule has 0 heterocycles. The largest absolute Gasteiger partial charge is 0.0655 e. The summed E-state index contributed by atoms with van der Waals surface area (Å²) in [5.74, 6) is 3.77. The number of benzene rings is 1. The van der Waals surface area contributed by atoms with E-state index in [-0.39, 0.29) is 0 Å². The van der Waals surface area contributed by atoms with Crippen molar-refractivity contribution in [2.24, 2.45) is 17.8 Å². The van der Waals surface area contributed by atoms with Crippen LogP contribution in [0.1, 0.15) is 93.7 Å². The summed E-state index contributed by atoms with van der Waals surface area (Å²) in [7, 11) is 0. The molecule has 0 amide bonds. The summed E-state index contributed by atoms with van der Waals surface area (Å²) >= 11 is 0. The van der Waals surface area contributed by atoms with Crippen molar-refractivity contribution >= 4 is 5.57 Å². The molecule has 0 nitrogen and oxygen atoms in total. The minimum Gasteiger partial charge on any atom is -0.0655 e. The summed E-state index contributed by atoms with van der Waals surface area (Å²) in [6, 6.07) is 7.81. The summed E-state index contributed by atoms with van der Waals surface area (Å²) in [6.45, 7) is 2.47. The SMILES string of the molecule is CC1CCC2(CC1)c1ccc(C3CCC3)cc1C(=C1CC1)C1CC12. The van der Waals surface area contributed by atoms with E-state index in [1.807, 2.05) is 11.1 Å². The lowest BCUT2D eigenvalue weighted by molar-refractivity contribution is 0.205. The van der Waals surface area contributed by atoms with Crippen LogP contribution in [0, 0.1) is 17.8 Å². The molecule has 4 fully saturated rings. The molecular weight excluding hydrogens is 288 g/mol. The second-order valence-corrected chi connectivity index (χ2v) is 9.74. The lowest BCUT2D eigenvalue weighted by Crippen LogP contribution is -2.37. The van der Waals surface area contributed by atoms with Gasteiger partial charge in [0.15, 0.2) is 0 Å². The van der Waals surface area contributed by atoms with Crippen LogP contribution in [-0.2, 0) is 5.41 Å². The van der Waals surface area contributed by atoms with Gasteiger partial charge in [-0.3, -0.25) is 0 Å². The van der Waals surface area contributed by atoms with Gasteiger partial charge in [0.05, 0.1) is 0 Å². The van der Waals surface area contributed by atoms with Crippen molar-refractivity contribution in [1.82, 2.24) is 0 Å². The van der Waals surface area contributed by atoms with E-state index >= 15 is 0 Å². The zero-order chi connectivity index (χ0) is 15.9. The Hall–Kier alpha value is -1.04. The molecule has 126 valence electrons. The summed E-state index contributed by atoms with van der Waals surface area (Å²) in [4.78, 5) is 0. The average molecular weight is 319 g/mol. The fraction of sp³-hybridized carbons (Fsp3) is 0.667. The van der Waals surface area contributed by atoms with E-state index in [9.17, 15) is 0 Å². The van der Waals surface area contributed by atoms with Crippen LogP contribution in [0.15, 0.2) is 23.8 Å². The highest BCUT2D eigenvalue weighted by Crippen LogP contribution is 2.69. The van der Waals surface area contributed by atoms with Crippen molar-refractivity contribution in [3.63, 3.8) is 0 Å². The standard InChI is InChI=1S/C24H30/c1-15-9-11-24(12-10-15)21-8-7-18(16-3-2-4-16)13-19(21)23(17-5-6-17)20-14-22(20)24/h7-8,13,15-16,20,22H,2-6,9-12,14H2,1H3. The molecule has 2 atom stereocenters. The van der Waals surface area contributed by atoms with Gasteiger partial charge in [-0.25, -0.2) is 0 Å². The first-order valence-electron chi connectivity index (χ1n) is 10.6. The quantitative estimate of drug-likeness (QED) is 0.547. The number of fused-ring (bicyclic) bond motifs is 4. The molecule has 6 rings (SSSR count). The Morgan fingerprint density at radius 3 is 2.46 bits per heavy atom. The van der Waals surface area contributed by atoms with Crippen molar-refractivity contribution in [3.8, 4) is 0 Å². The van der Waals surface area contributed by atoms with Crippen LogP contribution in [0.4, 0.5) is 0 Å². The maximum Gasteiger partial charge on any atom is -0.000648 e. The third-order valence-electron chi connectivity index (χ3n) is 8.37. The van der Waals surface area contributed by atoms with Gasteiger partial charge in [0, 0.05) is 0 Å². The lowest BCUT2D eigenvalue weighted by atomic mass is 9.59. The Bertz CT molecular complexity index is 718. The highest BCUT2D eigenvalue weighted by molar-refractivity contribution is 5.81. The zero-order valence-electron chi connectivity index (χ0n) is 15.1. The van der Waals surface area contributed by atoms with Crippen molar-refractivity contribution < 1.29 is 0 Å². The second-order valence-electron chi connectivity index (χ2n) is 9.74. The van der Waals surface area contributed by atoms with E-state index in [4.69, 9.17) is 0 Å². The van der Waals surface area contributed by atoms with E-state index in [1.165, 1.54) is 64.2 Å². The molecule has 0 aromatic heterocycles. The minimum absolute atomic E-state index is 0.559. The van der Waals surface area contributed by atoms with E-state index in [0.29, 0.717) is 5.41 Å². The molecule has 1 aromatic carbocycles. The molecule has 0 N–H and O–H groups in total. The number of allylic oxidation sites excluding steroid dienone is 2. The smallest absolute Gasteiger partial charge is 0.000648 e. The molecule has 1 spiro atoms. The van der Waals surface area contributed by atoms with Gasteiger partial charge in [0.1, 0.15) is 0 Å². The second kappa shape index (κ2) is 4.77. The zero-order valence-corrected chi connectivity index (χ0v) is 15.1. The average Bonchev–Trinajstić information content (AvgIpc) is 3.41. The molecule has 0 bridgehead atoms. The first kappa shape index (κ1) is 14.2. The predicted octanol–water partition coefficient (Wildman–Crippen LogP) is 6.60. The monoisotopic (exact) mass is 318 g/mol. The van der Waals surface area contributed by atoms with E-state index in [0.717, 1.165) is 23.7 Å². The predicted molar refractivity (Wildman–Crippen MR) is 100 cm³/mol. The van der Waals surface area contributed by atoms with E-state index in [1.54, 1.807) is 16.7 Å². The maximum absolute atomic E-state index is 2.67. The van der Waals surface area contributed by atoms with Crippen LogP contribution in [0.3, 0.4) is 0 Å². The lowest BCUT2D eigenvalue weighted by Gasteiger charge is -2.45. The number of hydrogen-bond acceptors (Lipinski definition) is 0. The topological polar surface area (TPSA) is 0 Å². The van der Waals surface area contributed by atoms with Gasteiger partial charge in [0.2, 0.25) is 0 Å². The van der Waals surface area contributed by atoms with Crippen LogP contribution in [0.25, 0.3) is 5.57 Å². The molecule has 5 aliphatic carbocycles. The molecule has 0 saturated heterocycles. The van der Waals surface area contributed by atoms with Crippen LogP contribution < -0.4 is 0 Å². The highest BCUT2D eigenvalue weighted by atomic mass is 14.6. The molecule has 0 aliphatic heterocycles. The van der Waals surface area contributed by atoms with Gasteiger partial charge in [-0.15, -0.1) is 0 Å². The third-order valence-corrected chi connectivity index (χ3v) is 8.37. The molecule has 24 heavy (non-hydrogen) atoms. The fourth-order valence-electron chi connectivity index (χ4n) is 6.44. The van der Waals surface area contributed by atoms with Crippen molar-refractivity contribution in [2.75, 3.05) is 0 Å². The fourth-order valence-corrected chi connectivity index (χ4v) is 6.44. The van der Waals surface area contributed by atoms with Gasteiger partial charge in [-0.2, -0.15) is 0 Å². The summed E-state index contributed by atoms with van der Waals surface area (Å²) in [5, 5.41) is 0. The number of rotatable bonds is 1. The van der Waals surface area contributed by atoms with Gasteiger partial charge < -0.3 is 0 Å². The molecule has 0 heteroatoms. The van der Waals surface area contributed by atoms with Gasteiger partial charge >= 0.3 is 0 Å².